The molecule has 3 rings (SSSR count). The number of benzene rings is 2. The standard InChI is InChI=1S/C20H20ClN3O3/c1-27-11-10-24-20(26)16-8-4-3-7-15(16)18(23-24)13-22-19(25)12-14-6-2-5-9-17(14)21/h2-9H,10-13H2,1H3,(H,22,25). The van der Waals surface area contributed by atoms with Crippen LogP contribution in [-0.2, 0) is 29.0 Å². The Labute approximate surface area is 161 Å². The molecular weight excluding hydrogens is 366 g/mol. The van der Waals surface area contributed by atoms with Gasteiger partial charge in [-0.2, -0.15) is 5.10 Å². The fourth-order valence-corrected chi connectivity index (χ4v) is 3.03. The molecule has 0 bridgehead atoms. The van der Waals surface area contributed by atoms with Gasteiger partial charge < -0.3 is 10.1 Å². The quantitative estimate of drug-likeness (QED) is 0.678. The highest BCUT2D eigenvalue weighted by Crippen LogP contribution is 2.16. The molecule has 7 heteroatoms. The summed E-state index contributed by atoms with van der Waals surface area (Å²) in [5.74, 6) is -0.163. The summed E-state index contributed by atoms with van der Waals surface area (Å²) in [6.07, 6.45) is 0.181. The normalized spacial score (nSPS) is 10.9. The van der Waals surface area contributed by atoms with Crippen molar-refractivity contribution in [2.45, 2.75) is 19.5 Å². The van der Waals surface area contributed by atoms with Crippen LogP contribution >= 0.6 is 11.6 Å². The van der Waals surface area contributed by atoms with E-state index in [2.05, 4.69) is 10.4 Å². The van der Waals surface area contributed by atoms with Gasteiger partial charge in [-0.1, -0.05) is 48.0 Å². The second kappa shape index (κ2) is 8.79. The molecule has 6 nitrogen and oxygen atoms in total. The number of amides is 1. The highest BCUT2D eigenvalue weighted by Gasteiger charge is 2.12. The first-order valence-corrected chi connectivity index (χ1v) is 8.95. The number of nitrogens with one attached hydrogen (secondary N) is 1. The third kappa shape index (κ3) is 4.53. The molecule has 140 valence electrons. The SMILES string of the molecule is COCCn1nc(CNC(=O)Cc2ccccc2Cl)c2ccccc2c1=O. The number of hydrogen-bond donors (Lipinski definition) is 1. The van der Waals surface area contributed by atoms with Crippen molar-refractivity contribution in [2.75, 3.05) is 13.7 Å². The van der Waals surface area contributed by atoms with Crippen LogP contribution in [0.2, 0.25) is 5.02 Å². The number of halogens is 1. The largest absolute Gasteiger partial charge is 0.383 e. The maximum absolute atomic E-state index is 12.5. The molecule has 0 fully saturated rings. The highest BCUT2D eigenvalue weighted by atomic mass is 35.5. The molecule has 1 heterocycles. The smallest absolute Gasteiger partial charge is 0.274 e. The van der Waals surface area contributed by atoms with Gasteiger partial charge in [-0.15, -0.1) is 0 Å². The minimum atomic E-state index is -0.172. The van der Waals surface area contributed by atoms with E-state index in [0.717, 1.165) is 10.9 Å². The molecule has 0 atom stereocenters. The second-order valence-electron chi connectivity index (χ2n) is 6.06. The Morgan fingerprint density at radius 1 is 1.15 bits per heavy atom. The van der Waals surface area contributed by atoms with Crippen molar-refractivity contribution in [1.82, 2.24) is 15.1 Å². The maximum Gasteiger partial charge on any atom is 0.274 e. The average molecular weight is 386 g/mol. The molecule has 0 aliphatic carbocycles. The summed E-state index contributed by atoms with van der Waals surface area (Å²) in [4.78, 5) is 24.9. The lowest BCUT2D eigenvalue weighted by molar-refractivity contribution is -0.120. The summed E-state index contributed by atoms with van der Waals surface area (Å²) < 4.78 is 6.42. The predicted molar refractivity (Wildman–Crippen MR) is 105 cm³/mol. The van der Waals surface area contributed by atoms with Crippen LogP contribution in [0, 0.1) is 0 Å². The lowest BCUT2D eigenvalue weighted by atomic mass is 10.1. The number of methoxy groups -OCH3 is 1. The van der Waals surface area contributed by atoms with Crippen molar-refractivity contribution in [1.29, 1.82) is 0 Å². The zero-order chi connectivity index (χ0) is 19.2. The summed E-state index contributed by atoms with van der Waals surface area (Å²) in [6.45, 7) is 0.946. The van der Waals surface area contributed by atoms with Gasteiger partial charge in [0.2, 0.25) is 5.91 Å². The minimum absolute atomic E-state index is 0.163. The van der Waals surface area contributed by atoms with E-state index in [-0.39, 0.29) is 24.4 Å². The fraction of sp³-hybridized carbons (Fsp3) is 0.250. The lowest BCUT2D eigenvalue weighted by Crippen LogP contribution is -2.30. The molecular formula is C20H20ClN3O3. The number of ether oxygens (including phenoxy) is 1. The molecule has 0 radical (unpaired) electrons. The highest BCUT2D eigenvalue weighted by molar-refractivity contribution is 6.31. The van der Waals surface area contributed by atoms with Gasteiger partial charge in [-0.05, 0) is 17.7 Å². The van der Waals surface area contributed by atoms with Gasteiger partial charge in [0, 0.05) is 17.5 Å². The molecule has 27 heavy (non-hydrogen) atoms. The number of hydrogen-bond acceptors (Lipinski definition) is 4. The number of carbonyl (C=O) groups excluding carboxylic acids is 1. The number of aromatic nitrogens is 2. The van der Waals surface area contributed by atoms with Gasteiger partial charge >= 0.3 is 0 Å². The first-order valence-electron chi connectivity index (χ1n) is 8.58. The third-order valence-electron chi connectivity index (χ3n) is 4.21. The first-order chi connectivity index (χ1) is 13.1. The van der Waals surface area contributed by atoms with Gasteiger partial charge in [0.25, 0.3) is 5.56 Å². The maximum atomic E-state index is 12.5. The molecule has 1 amide bonds. The topological polar surface area (TPSA) is 73.2 Å². The molecule has 2 aromatic carbocycles. The molecule has 1 N–H and O–H groups in total. The van der Waals surface area contributed by atoms with Crippen LogP contribution in [0.15, 0.2) is 53.3 Å². The van der Waals surface area contributed by atoms with Crippen LogP contribution in [-0.4, -0.2) is 29.4 Å². The van der Waals surface area contributed by atoms with Gasteiger partial charge in [0.05, 0.1) is 37.2 Å². The Bertz CT molecular complexity index is 1020. The Hall–Kier alpha value is -2.70. The van der Waals surface area contributed by atoms with Crippen LogP contribution in [0.4, 0.5) is 0 Å². The summed E-state index contributed by atoms with van der Waals surface area (Å²) in [6, 6.07) is 14.5. The van der Waals surface area contributed by atoms with Crippen molar-refractivity contribution < 1.29 is 9.53 Å². The van der Waals surface area contributed by atoms with E-state index in [1.165, 1.54) is 4.68 Å². The molecule has 3 aromatic rings. The summed E-state index contributed by atoms with van der Waals surface area (Å²) >= 11 is 6.11. The van der Waals surface area contributed by atoms with Crippen LogP contribution in [0.3, 0.4) is 0 Å². The molecule has 0 aliphatic rings. The first kappa shape index (κ1) is 19.1. The van der Waals surface area contributed by atoms with Crippen molar-refractivity contribution >= 4 is 28.3 Å². The van der Waals surface area contributed by atoms with Crippen molar-refractivity contribution in [3.63, 3.8) is 0 Å². The zero-order valence-corrected chi connectivity index (χ0v) is 15.7. The molecule has 1 aromatic heterocycles. The Morgan fingerprint density at radius 2 is 1.85 bits per heavy atom. The third-order valence-corrected chi connectivity index (χ3v) is 4.58. The predicted octanol–water partition coefficient (Wildman–Crippen LogP) is 2.56. The molecule has 0 saturated carbocycles. The molecule has 0 spiro atoms. The van der Waals surface area contributed by atoms with Crippen molar-refractivity contribution in [2.24, 2.45) is 0 Å². The van der Waals surface area contributed by atoms with Crippen LogP contribution in [0.1, 0.15) is 11.3 Å². The van der Waals surface area contributed by atoms with Gasteiger partial charge in [0.1, 0.15) is 0 Å². The van der Waals surface area contributed by atoms with Crippen LogP contribution < -0.4 is 10.9 Å². The fourth-order valence-electron chi connectivity index (χ4n) is 2.82. The molecule has 0 aliphatic heterocycles. The van der Waals surface area contributed by atoms with E-state index >= 15 is 0 Å². The molecule has 0 saturated heterocycles. The summed E-state index contributed by atoms with van der Waals surface area (Å²) in [5.41, 5.74) is 1.22. The number of carbonyl (C=O) groups is 1. The minimum Gasteiger partial charge on any atom is -0.383 e. The Balaban J connectivity index is 1.81. The van der Waals surface area contributed by atoms with E-state index < -0.39 is 0 Å². The number of rotatable bonds is 7. The van der Waals surface area contributed by atoms with Gasteiger partial charge in [-0.25, -0.2) is 4.68 Å². The van der Waals surface area contributed by atoms with E-state index in [9.17, 15) is 9.59 Å². The number of fused-ring (bicyclic) bond motifs is 1. The van der Waals surface area contributed by atoms with Crippen molar-refractivity contribution in [3.05, 3.63) is 75.2 Å². The van der Waals surface area contributed by atoms with Crippen LogP contribution in [0.5, 0.6) is 0 Å². The van der Waals surface area contributed by atoms with E-state index in [1.807, 2.05) is 36.4 Å². The van der Waals surface area contributed by atoms with E-state index in [0.29, 0.717) is 29.3 Å². The molecule has 0 unspecified atom stereocenters. The zero-order valence-electron chi connectivity index (χ0n) is 14.9. The van der Waals surface area contributed by atoms with E-state index in [4.69, 9.17) is 16.3 Å². The van der Waals surface area contributed by atoms with Gasteiger partial charge in [0.15, 0.2) is 0 Å². The van der Waals surface area contributed by atoms with E-state index in [1.54, 1.807) is 19.2 Å². The van der Waals surface area contributed by atoms with Crippen molar-refractivity contribution in [3.8, 4) is 0 Å². The number of nitrogens with zero attached hydrogens (tertiary/aromatic N) is 2. The Kier molecular flexibility index (Phi) is 6.21. The summed E-state index contributed by atoms with van der Waals surface area (Å²) in [7, 11) is 1.57. The summed E-state index contributed by atoms with van der Waals surface area (Å²) in [5, 5.41) is 9.14. The monoisotopic (exact) mass is 385 g/mol. The Morgan fingerprint density at radius 3 is 2.59 bits per heavy atom. The van der Waals surface area contributed by atoms with Crippen LogP contribution in [0.25, 0.3) is 10.8 Å². The average Bonchev–Trinajstić information content (AvgIpc) is 2.68. The second-order valence-corrected chi connectivity index (χ2v) is 6.47. The lowest BCUT2D eigenvalue weighted by Gasteiger charge is -2.12. The van der Waals surface area contributed by atoms with Gasteiger partial charge in [-0.3, -0.25) is 9.59 Å².